The van der Waals surface area contributed by atoms with Crippen LogP contribution in [0, 0.1) is 6.92 Å². The summed E-state index contributed by atoms with van der Waals surface area (Å²) < 4.78 is 5.44. The van der Waals surface area contributed by atoms with Crippen LogP contribution in [0.2, 0.25) is 0 Å². The summed E-state index contributed by atoms with van der Waals surface area (Å²) in [6.07, 6.45) is 3.48. The lowest BCUT2D eigenvalue weighted by Crippen LogP contribution is -2.37. The van der Waals surface area contributed by atoms with E-state index in [4.69, 9.17) is 4.74 Å². The summed E-state index contributed by atoms with van der Waals surface area (Å²) in [5.74, 6) is 0. The van der Waals surface area contributed by atoms with Crippen LogP contribution in [0.25, 0.3) is 22.6 Å². The molecule has 1 aromatic carbocycles. The van der Waals surface area contributed by atoms with Crippen molar-refractivity contribution in [3.8, 4) is 11.3 Å². The van der Waals surface area contributed by atoms with Gasteiger partial charge in [0.1, 0.15) is 0 Å². The minimum atomic E-state index is 0.384. The summed E-state index contributed by atoms with van der Waals surface area (Å²) in [4.78, 5) is 20.1. The Hall–Kier alpha value is -2.44. The molecule has 4 rings (SSSR count). The molecular weight excluding hydrogens is 314 g/mol. The van der Waals surface area contributed by atoms with Gasteiger partial charge in [-0.25, -0.2) is 19.9 Å². The summed E-state index contributed by atoms with van der Waals surface area (Å²) in [6, 6.07) is 8.92. The number of ether oxygens (including phenoxy) is 1. The van der Waals surface area contributed by atoms with Gasteiger partial charge in [-0.3, -0.25) is 4.90 Å². The number of aromatic nitrogens is 4. The van der Waals surface area contributed by atoms with Crippen LogP contribution in [-0.4, -0.2) is 51.1 Å². The molecule has 0 bridgehead atoms. The van der Waals surface area contributed by atoms with Crippen molar-refractivity contribution >= 4 is 11.3 Å². The molecule has 3 heterocycles. The van der Waals surface area contributed by atoms with Crippen LogP contribution in [0.15, 0.2) is 36.7 Å². The lowest BCUT2D eigenvalue weighted by Gasteiger charge is -2.32. The number of morpholine rings is 1. The molecule has 0 unspecified atom stereocenters. The van der Waals surface area contributed by atoms with Crippen molar-refractivity contribution in [1.82, 2.24) is 24.8 Å². The molecular formula is C19H21N5O. The van der Waals surface area contributed by atoms with Gasteiger partial charge in [-0.2, -0.15) is 0 Å². The predicted molar refractivity (Wildman–Crippen MR) is 96.1 cm³/mol. The minimum Gasteiger partial charge on any atom is -0.379 e. The van der Waals surface area contributed by atoms with Crippen LogP contribution in [0.4, 0.5) is 0 Å². The van der Waals surface area contributed by atoms with Gasteiger partial charge in [0, 0.05) is 24.7 Å². The Bertz CT molecular complexity index is 875. The zero-order valence-corrected chi connectivity index (χ0v) is 14.5. The topological polar surface area (TPSA) is 64.0 Å². The molecule has 0 N–H and O–H groups in total. The van der Waals surface area contributed by atoms with Gasteiger partial charge in [-0.15, -0.1) is 0 Å². The zero-order valence-electron chi connectivity index (χ0n) is 14.5. The van der Waals surface area contributed by atoms with Crippen LogP contribution in [-0.2, 0) is 4.74 Å². The predicted octanol–water partition coefficient (Wildman–Crippen LogP) is 2.79. The van der Waals surface area contributed by atoms with E-state index in [0.717, 1.165) is 43.3 Å². The number of hydrogen-bond donors (Lipinski definition) is 0. The van der Waals surface area contributed by atoms with Crippen molar-refractivity contribution in [3.05, 3.63) is 47.9 Å². The van der Waals surface area contributed by atoms with E-state index in [9.17, 15) is 0 Å². The summed E-state index contributed by atoms with van der Waals surface area (Å²) in [7, 11) is 0. The van der Waals surface area contributed by atoms with Crippen LogP contribution in [0.1, 0.15) is 24.2 Å². The molecule has 3 aromatic rings. The first-order chi connectivity index (χ1) is 12.2. The molecule has 2 aromatic heterocycles. The fraction of sp³-hybridized carbons (Fsp3) is 0.368. The summed E-state index contributed by atoms with van der Waals surface area (Å²) in [5.41, 5.74) is 5.16. The highest BCUT2D eigenvalue weighted by Gasteiger charge is 2.18. The van der Waals surface area contributed by atoms with E-state index in [2.05, 4.69) is 56.0 Å². The Kier molecular flexibility index (Phi) is 4.38. The number of rotatable bonds is 3. The molecule has 0 spiro atoms. The van der Waals surface area contributed by atoms with Gasteiger partial charge < -0.3 is 4.74 Å². The highest BCUT2D eigenvalue weighted by atomic mass is 16.5. The average Bonchev–Trinajstić information content (AvgIpc) is 2.68. The second-order valence-corrected chi connectivity index (χ2v) is 6.36. The molecule has 0 saturated carbocycles. The molecule has 1 aliphatic heterocycles. The third-order valence-corrected chi connectivity index (χ3v) is 4.67. The van der Waals surface area contributed by atoms with E-state index in [1.165, 1.54) is 5.56 Å². The molecule has 0 radical (unpaired) electrons. The van der Waals surface area contributed by atoms with E-state index < -0.39 is 0 Å². The Morgan fingerprint density at radius 2 is 1.64 bits per heavy atom. The standard InChI is InChI=1S/C19H21N5O/c1-13-11-20-19-18(22-13)21-12-17(23-19)16-5-3-15(4-6-16)14(2)24-7-9-25-10-8-24/h3-6,11-12,14H,7-10H2,1-2H3/t14-/m0/s1. The number of hydrogen-bond acceptors (Lipinski definition) is 6. The van der Waals surface area contributed by atoms with Gasteiger partial charge in [-0.1, -0.05) is 24.3 Å². The first kappa shape index (κ1) is 16.1. The number of benzene rings is 1. The Balaban J connectivity index is 1.58. The summed E-state index contributed by atoms with van der Waals surface area (Å²) in [5, 5.41) is 0. The number of nitrogens with zero attached hydrogens (tertiary/aromatic N) is 5. The molecule has 1 saturated heterocycles. The third kappa shape index (κ3) is 3.36. The van der Waals surface area contributed by atoms with Gasteiger partial charge >= 0.3 is 0 Å². The molecule has 0 amide bonds. The summed E-state index contributed by atoms with van der Waals surface area (Å²) >= 11 is 0. The van der Waals surface area contributed by atoms with E-state index in [0.29, 0.717) is 17.3 Å². The van der Waals surface area contributed by atoms with Gasteiger partial charge in [0.25, 0.3) is 0 Å². The Morgan fingerprint density at radius 1 is 0.960 bits per heavy atom. The number of fused-ring (bicyclic) bond motifs is 1. The van der Waals surface area contributed by atoms with Crippen LogP contribution in [0.5, 0.6) is 0 Å². The largest absolute Gasteiger partial charge is 0.379 e. The van der Waals surface area contributed by atoms with Crippen LogP contribution >= 0.6 is 0 Å². The Labute approximate surface area is 146 Å². The van der Waals surface area contributed by atoms with Crippen molar-refractivity contribution in [2.75, 3.05) is 26.3 Å². The van der Waals surface area contributed by atoms with E-state index in [-0.39, 0.29) is 0 Å². The van der Waals surface area contributed by atoms with Gasteiger partial charge in [-0.05, 0) is 19.4 Å². The molecule has 25 heavy (non-hydrogen) atoms. The molecule has 1 aliphatic rings. The third-order valence-electron chi connectivity index (χ3n) is 4.67. The summed E-state index contributed by atoms with van der Waals surface area (Å²) in [6.45, 7) is 7.74. The molecule has 1 atom stereocenters. The van der Waals surface area contributed by atoms with Crippen molar-refractivity contribution in [2.45, 2.75) is 19.9 Å². The first-order valence-corrected chi connectivity index (χ1v) is 8.59. The lowest BCUT2D eigenvalue weighted by atomic mass is 10.0. The SMILES string of the molecule is Cc1cnc2nc(-c3ccc([C@H](C)N4CCOCC4)cc3)cnc2n1. The minimum absolute atomic E-state index is 0.384. The van der Waals surface area contributed by atoms with Crippen LogP contribution in [0.3, 0.4) is 0 Å². The normalized spacial score (nSPS) is 16.9. The van der Waals surface area contributed by atoms with Crippen molar-refractivity contribution in [3.63, 3.8) is 0 Å². The van der Waals surface area contributed by atoms with Gasteiger partial charge in [0.2, 0.25) is 0 Å². The fourth-order valence-electron chi connectivity index (χ4n) is 3.14. The first-order valence-electron chi connectivity index (χ1n) is 8.59. The van der Waals surface area contributed by atoms with Crippen LogP contribution < -0.4 is 0 Å². The van der Waals surface area contributed by atoms with Gasteiger partial charge in [0.05, 0.1) is 37.0 Å². The number of aryl methyl sites for hydroxylation is 1. The molecule has 128 valence electrons. The zero-order chi connectivity index (χ0) is 17.2. The maximum atomic E-state index is 5.44. The van der Waals surface area contributed by atoms with E-state index >= 15 is 0 Å². The quantitative estimate of drug-likeness (QED) is 0.733. The second-order valence-electron chi connectivity index (χ2n) is 6.36. The molecule has 1 fully saturated rings. The van der Waals surface area contributed by atoms with Crippen molar-refractivity contribution in [2.24, 2.45) is 0 Å². The molecule has 6 heteroatoms. The second kappa shape index (κ2) is 6.82. The fourth-order valence-corrected chi connectivity index (χ4v) is 3.14. The maximum Gasteiger partial charge on any atom is 0.198 e. The van der Waals surface area contributed by atoms with Gasteiger partial charge in [0.15, 0.2) is 11.3 Å². The molecule has 0 aliphatic carbocycles. The monoisotopic (exact) mass is 335 g/mol. The maximum absolute atomic E-state index is 5.44. The smallest absolute Gasteiger partial charge is 0.198 e. The highest BCUT2D eigenvalue weighted by molar-refractivity contribution is 5.69. The Morgan fingerprint density at radius 3 is 2.40 bits per heavy atom. The average molecular weight is 335 g/mol. The van der Waals surface area contributed by atoms with Crippen molar-refractivity contribution in [1.29, 1.82) is 0 Å². The lowest BCUT2D eigenvalue weighted by molar-refractivity contribution is 0.0198. The highest BCUT2D eigenvalue weighted by Crippen LogP contribution is 2.24. The van der Waals surface area contributed by atoms with E-state index in [1.807, 2.05) is 6.92 Å². The molecule has 6 nitrogen and oxygen atoms in total. The van der Waals surface area contributed by atoms with Crippen molar-refractivity contribution < 1.29 is 4.74 Å². The van der Waals surface area contributed by atoms with E-state index in [1.54, 1.807) is 12.4 Å².